The van der Waals surface area contributed by atoms with E-state index >= 15 is 0 Å². The Kier molecular flexibility index (Phi) is 3.55. The van der Waals surface area contributed by atoms with Gasteiger partial charge in [0.2, 0.25) is 0 Å². The summed E-state index contributed by atoms with van der Waals surface area (Å²) in [7, 11) is 0. The van der Waals surface area contributed by atoms with Crippen LogP contribution in [0.1, 0.15) is 22.2 Å². The van der Waals surface area contributed by atoms with Gasteiger partial charge in [-0.25, -0.2) is 4.98 Å². The molecule has 23 heavy (non-hydrogen) atoms. The summed E-state index contributed by atoms with van der Waals surface area (Å²) in [6.07, 6.45) is 0. The van der Waals surface area contributed by atoms with Gasteiger partial charge in [-0.3, -0.25) is 4.79 Å². The molecule has 0 radical (unpaired) electrons. The van der Waals surface area contributed by atoms with Crippen molar-refractivity contribution in [2.75, 3.05) is 19.6 Å². The Morgan fingerprint density at radius 1 is 1.09 bits per heavy atom. The average Bonchev–Trinajstić information content (AvgIpc) is 3.06. The summed E-state index contributed by atoms with van der Waals surface area (Å²) in [5.74, 6) is 0.889. The number of benzene rings is 2. The minimum absolute atomic E-state index is 0.0533. The summed E-state index contributed by atoms with van der Waals surface area (Å²) in [6, 6.07) is 17.3. The zero-order valence-electron chi connectivity index (χ0n) is 12.7. The van der Waals surface area contributed by atoms with Crippen molar-refractivity contribution in [3.8, 4) is 0 Å². The Hall–Kier alpha value is -2.66. The number of carbonyl (C=O) groups excluding carboxylic acids is 1. The Labute approximate surface area is 134 Å². The molecule has 3 aromatic rings. The van der Waals surface area contributed by atoms with Gasteiger partial charge in [0, 0.05) is 25.2 Å². The number of aromatic amines is 1. The number of rotatable bonds is 2. The molecule has 2 N–H and O–H groups in total. The largest absolute Gasteiger partial charge is 0.340 e. The molecular formula is C18H18N4O. The molecular weight excluding hydrogens is 288 g/mol. The van der Waals surface area contributed by atoms with Crippen LogP contribution in [0.2, 0.25) is 0 Å². The molecule has 5 nitrogen and oxygen atoms in total. The molecule has 1 saturated heterocycles. The van der Waals surface area contributed by atoms with Gasteiger partial charge < -0.3 is 15.2 Å². The van der Waals surface area contributed by atoms with Crippen LogP contribution in [-0.2, 0) is 0 Å². The normalized spacial score (nSPS) is 18.3. The molecule has 0 saturated carbocycles. The van der Waals surface area contributed by atoms with Crippen molar-refractivity contribution in [3.05, 3.63) is 66.0 Å². The van der Waals surface area contributed by atoms with E-state index in [2.05, 4.69) is 15.3 Å². The number of hydrogen-bond donors (Lipinski definition) is 2. The second kappa shape index (κ2) is 5.85. The summed E-state index contributed by atoms with van der Waals surface area (Å²) < 4.78 is 0. The summed E-state index contributed by atoms with van der Waals surface area (Å²) >= 11 is 0. The second-order valence-corrected chi connectivity index (χ2v) is 5.72. The zero-order valence-corrected chi connectivity index (χ0v) is 12.7. The molecule has 2 heterocycles. The van der Waals surface area contributed by atoms with Gasteiger partial charge in [0.25, 0.3) is 5.91 Å². The van der Waals surface area contributed by atoms with E-state index < -0.39 is 0 Å². The highest BCUT2D eigenvalue weighted by molar-refractivity contribution is 5.94. The van der Waals surface area contributed by atoms with Gasteiger partial charge in [0.15, 0.2) is 0 Å². The maximum absolute atomic E-state index is 12.9. The van der Waals surface area contributed by atoms with Crippen LogP contribution in [0, 0.1) is 0 Å². The fraction of sp³-hybridized carbons (Fsp3) is 0.222. The van der Waals surface area contributed by atoms with Crippen molar-refractivity contribution >= 4 is 16.9 Å². The first-order chi connectivity index (χ1) is 11.3. The van der Waals surface area contributed by atoms with Gasteiger partial charge in [-0.05, 0) is 24.3 Å². The Bertz CT molecular complexity index is 794. The lowest BCUT2D eigenvalue weighted by molar-refractivity contribution is 0.0625. The number of aromatic nitrogens is 2. The lowest BCUT2D eigenvalue weighted by atomic mass is 10.1. The second-order valence-electron chi connectivity index (χ2n) is 5.72. The highest BCUT2D eigenvalue weighted by Gasteiger charge is 2.30. The minimum Gasteiger partial charge on any atom is -0.340 e. The van der Waals surface area contributed by atoms with Gasteiger partial charge in [-0.1, -0.05) is 30.3 Å². The van der Waals surface area contributed by atoms with E-state index in [1.807, 2.05) is 59.5 Å². The first-order valence-electron chi connectivity index (χ1n) is 7.84. The van der Waals surface area contributed by atoms with E-state index in [-0.39, 0.29) is 11.9 Å². The number of amides is 1. The lowest BCUT2D eigenvalue weighted by Gasteiger charge is -2.35. The molecule has 1 aliphatic heterocycles. The Morgan fingerprint density at radius 2 is 1.87 bits per heavy atom. The van der Waals surface area contributed by atoms with Crippen LogP contribution in [0.15, 0.2) is 54.6 Å². The predicted octanol–water partition coefficient (Wildman–Crippen LogP) is 2.35. The molecule has 1 fully saturated rings. The maximum atomic E-state index is 12.9. The first kappa shape index (κ1) is 14.0. The highest BCUT2D eigenvalue weighted by Crippen LogP contribution is 2.24. The molecule has 5 heteroatoms. The van der Waals surface area contributed by atoms with Gasteiger partial charge in [-0.15, -0.1) is 0 Å². The minimum atomic E-state index is -0.0798. The van der Waals surface area contributed by atoms with Gasteiger partial charge in [-0.2, -0.15) is 0 Å². The molecule has 0 spiro atoms. The maximum Gasteiger partial charge on any atom is 0.254 e. The molecule has 0 aliphatic carbocycles. The van der Waals surface area contributed by atoms with Gasteiger partial charge >= 0.3 is 0 Å². The van der Waals surface area contributed by atoms with Crippen LogP contribution in [0.25, 0.3) is 11.0 Å². The van der Waals surface area contributed by atoms with Crippen molar-refractivity contribution in [2.45, 2.75) is 6.04 Å². The number of carbonyl (C=O) groups is 1. The molecule has 1 amide bonds. The third-order valence-corrected chi connectivity index (χ3v) is 4.25. The quantitative estimate of drug-likeness (QED) is 0.764. The summed E-state index contributed by atoms with van der Waals surface area (Å²) in [5.41, 5.74) is 2.65. The topological polar surface area (TPSA) is 61.0 Å². The van der Waals surface area contributed by atoms with Crippen molar-refractivity contribution < 1.29 is 4.79 Å². The van der Waals surface area contributed by atoms with Gasteiger partial charge in [0.1, 0.15) is 11.9 Å². The molecule has 4 rings (SSSR count). The number of para-hydroxylation sites is 2. The van der Waals surface area contributed by atoms with Crippen molar-refractivity contribution in [1.82, 2.24) is 20.2 Å². The van der Waals surface area contributed by atoms with E-state index in [4.69, 9.17) is 0 Å². The molecule has 1 aromatic heterocycles. The third-order valence-electron chi connectivity index (χ3n) is 4.25. The predicted molar refractivity (Wildman–Crippen MR) is 89.2 cm³/mol. The Morgan fingerprint density at radius 3 is 2.70 bits per heavy atom. The van der Waals surface area contributed by atoms with E-state index in [1.165, 1.54) is 0 Å². The lowest BCUT2D eigenvalue weighted by Crippen LogP contribution is -2.49. The van der Waals surface area contributed by atoms with Crippen LogP contribution in [0.4, 0.5) is 0 Å². The van der Waals surface area contributed by atoms with E-state index in [0.29, 0.717) is 13.1 Å². The average molecular weight is 306 g/mol. The number of imidazole rings is 1. The van der Waals surface area contributed by atoms with E-state index in [9.17, 15) is 4.79 Å². The number of piperazine rings is 1. The van der Waals surface area contributed by atoms with Crippen LogP contribution >= 0.6 is 0 Å². The SMILES string of the molecule is O=C(c1ccccc1)N1CCNCC1c1nc2ccccc2[nH]1. The third kappa shape index (κ3) is 2.59. The number of nitrogens with zero attached hydrogens (tertiary/aromatic N) is 2. The van der Waals surface area contributed by atoms with Crippen molar-refractivity contribution in [3.63, 3.8) is 0 Å². The number of nitrogens with one attached hydrogen (secondary N) is 2. The number of fused-ring (bicyclic) bond motifs is 1. The summed E-state index contributed by atoms with van der Waals surface area (Å²) in [5, 5.41) is 3.36. The molecule has 0 bridgehead atoms. The van der Waals surface area contributed by atoms with Crippen LogP contribution < -0.4 is 5.32 Å². The monoisotopic (exact) mass is 306 g/mol. The van der Waals surface area contributed by atoms with Crippen LogP contribution in [0.3, 0.4) is 0 Å². The first-order valence-corrected chi connectivity index (χ1v) is 7.84. The van der Waals surface area contributed by atoms with E-state index in [1.54, 1.807) is 0 Å². The number of H-pyrrole nitrogens is 1. The summed E-state index contributed by atoms with van der Waals surface area (Å²) in [6.45, 7) is 2.18. The summed E-state index contributed by atoms with van der Waals surface area (Å²) in [4.78, 5) is 22.8. The standard InChI is InChI=1S/C18H18N4O/c23-18(13-6-2-1-3-7-13)22-11-10-19-12-16(22)17-20-14-8-4-5-9-15(14)21-17/h1-9,16,19H,10-12H2,(H,20,21). The van der Waals surface area contributed by atoms with Crippen LogP contribution in [0.5, 0.6) is 0 Å². The van der Waals surface area contributed by atoms with Crippen LogP contribution in [-0.4, -0.2) is 40.4 Å². The van der Waals surface area contributed by atoms with Crippen molar-refractivity contribution in [2.24, 2.45) is 0 Å². The highest BCUT2D eigenvalue weighted by atomic mass is 16.2. The zero-order chi connectivity index (χ0) is 15.6. The molecule has 2 aromatic carbocycles. The molecule has 1 unspecified atom stereocenters. The van der Waals surface area contributed by atoms with Gasteiger partial charge in [0.05, 0.1) is 11.0 Å². The van der Waals surface area contributed by atoms with E-state index in [0.717, 1.165) is 29.0 Å². The smallest absolute Gasteiger partial charge is 0.254 e. The molecule has 116 valence electrons. The fourth-order valence-corrected chi connectivity index (χ4v) is 3.07. The molecule has 1 aliphatic rings. The fourth-order valence-electron chi connectivity index (χ4n) is 3.07. The van der Waals surface area contributed by atoms with Crippen molar-refractivity contribution in [1.29, 1.82) is 0 Å². The molecule has 1 atom stereocenters. The Balaban J connectivity index is 1.69. The number of hydrogen-bond acceptors (Lipinski definition) is 3.